The van der Waals surface area contributed by atoms with Gasteiger partial charge in [-0.25, -0.2) is 4.68 Å². The van der Waals surface area contributed by atoms with E-state index in [4.69, 9.17) is 4.74 Å². The van der Waals surface area contributed by atoms with Gasteiger partial charge in [-0.2, -0.15) is 0 Å². The molecule has 1 saturated carbocycles. The average molecular weight is 272 g/mol. The van der Waals surface area contributed by atoms with Gasteiger partial charge in [0.2, 0.25) is 0 Å². The van der Waals surface area contributed by atoms with E-state index in [1.807, 2.05) is 37.4 Å². The molecular formula is C15H20N4O. The van der Waals surface area contributed by atoms with Crippen molar-refractivity contribution in [3.05, 3.63) is 36.2 Å². The molecular weight excluding hydrogens is 252 g/mol. The Morgan fingerprint density at radius 3 is 2.80 bits per heavy atom. The second-order valence-corrected chi connectivity index (χ2v) is 5.16. The summed E-state index contributed by atoms with van der Waals surface area (Å²) in [6, 6.07) is 7.87. The summed E-state index contributed by atoms with van der Waals surface area (Å²) >= 11 is 0. The summed E-state index contributed by atoms with van der Waals surface area (Å²) in [5.41, 5.74) is 1.97. The molecule has 0 amide bonds. The molecule has 0 spiro atoms. The predicted octanol–water partition coefficient (Wildman–Crippen LogP) is 2.17. The molecule has 1 aliphatic carbocycles. The molecule has 20 heavy (non-hydrogen) atoms. The van der Waals surface area contributed by atoms with Crippen LogP contribution in [0.25, 0.3) is 5.69 Å². The molecule has 1 aliphatic rings. The zero-order valence-electron chi connectivity index (χ0n) is 11.7. The lowest BCUT2D eigenvalue weighted by molar-refractivity contribution is 0.340. The molecule has 0 unspecified atom stereocenters. The van der Waals surface area contributed by atoms with E-state index in [0.29, 0.717) is 6.61 Å². The molecule has 3 rings (SSSR count). The van der Waals surface area contributed by atoms with E-state index in [0.717, 1.165) is 36.1 Å². The van der Waals surface area contributed by atoms with Crippen LogP contribution in [-0.4, -0.2) is 28.1 Å². The maximum absolute atomic E-state index is 5.43. The normalized spacial score (nSPS) is 14.4. The number of hydrogen-bond acceptors (Lipinski definition) is 4. The average Bonchev–Trinajstić information content (AvgIpc) is 3.17. The standard InChI is InChI=1S/C15H20N4O/c1-2-20-15-7-5-14(6-8-15)19-11-13(17-18-19)10-16-9-12-3-4-12/h5-8,11-12,16H,2-4,9-10H2,1H3. The van der Waals surface area contributed by atoms with Crippen molar-refractivity contribution in [3.8, 4) is 11.4 Å². The second kappa shape index (κ2) is 6.05. The third-order valence-electron chi connectivity index (χ3n) is 3.39. The fraction of sp³-hybridized carbons (Fsp3) is 0.467. The summed E-state index contributed by atoms with van der Waals surface area (Å²) in [6.07, 6.45) is 4.70. The third kappa shape index (κ3) is 3.36. The molecule has 5 nitrogen and oxygen atoms in total. The maximum atomic E-state index is 5.43. The van der Waals surface area contributed by atoms with Gasteiger partial charge in [0.1, 0.15) is 5.75 Å². The van der Waals surface area contributed by atoms with E-state index in [1.165, 1.54) is 12.8 Å². The molecule has 1 N–H and O–H groups in total. The predicted molar refractivity (Wildman–Crippen MR) is 77.0 cm³/mol. The Labute approximate surface area is 118 Å². The Morgan fingerprint density at radius 2 is 2.10 bits per heavy atom. The van der Waals surface area contributed by atoms with E-state index in [2.05, 4.69) is 15.6 Å². The summed E-state index contributed by atoms with van der Waals surface area (Å²) in [6.45, 7) is 4.54. The van der Waals surface area contributed by atoms with Crippen LogP contribution in [0, 0.1) is 5.92 Å². The molecule has 0 radical (unpaired) electrons. The number of hydrogen-bond donors (Lipinski definition) is 1. The summed E-state index contributed by atoms with van der Waals surface area (Å²) < 4.78 is 7.22. The van der Waals surface area contributed by atoms with Crippen molar-refractivity contribution in [2.24, 2.45) is 5.92 Å². The first-order chi connectivity index (χ1) is 9.85. The zero-order chi connectivity index (χ0) is 13.8. The van der Waals surface area contributed by atoms with E-state index in [1.54, 1.807) is 4.68 Å². The van der Waals surface area contributed by atoms with Gasteiger partial charge in [-0.3, -0.25) is 0 Å². The van der Waals surface area contributed by atoms with Crippen LogP contribution in [0.1, 0.15) is 25.5 Å². The molecule has 1 aromatic heterocycles. The van der Waals surface area contributed by atoms with Gasteiger partial charge < -0.3 is 10.1 Å². The Morgan fingerprint density at radius 1 is 1.30 bits per heavy atom. The molecule has 1 heterocycles. The van der Waals surface area contributed by atoms with Crippen molar-refractivity contribution in [2.45, 2.75) is 26.3 Å². The molecule has 0 aliphatic heterocycles. The highest BCUT2D eigenvalue weighted by Gasteiger charge is 2.20. The number of nitrogens with zero attached hydrogens (tertiary/aromatic N) is 3. The van der Waals surface area contributed by atoms with E-state index in [9.17, 15) is 0 Å². The monoisotopic (exact) mass is 272 g/mol. The first-order valence-electron chi connectivity index (χ1n) is 7.20. The number of rotatable bonds is 7. The Hall–Kier alpha value is -1.88. The van der Waals surface area contributed by atoms with Gasteiger partial charge in [-0.15, -0.1) is 5.10 Å². The third-order valence-corrected chi connectivity index (χ3v) is 3.39. The summed E-state index contributed by atoms with van der Waals surface area (Å²) in [4.78, 5) is 0. The van der Waals surface area contributed by atoms with Gasteiger partial charge in [-0.05, 0) is 56.5 Å². The lowest BCUT2D eigenvalue weighted by atomic mass is 10.3. The molecule has 0 saturated heterocycles. The number of ether oxygens (including phenoxy) is 1. The van der Waals surface area contributed by atoms with Crippen LogP contribution in [-0.2, 0) is 6.54 Å². The van der Waals surface area contributed by atoms with Crippen molar-refractivity contribution in [3.63, 3.8) is 0 Å². The van der Waals surface area contributed by atoms with Gasteiger partial charge in [0.25, 0.3) is 0 Å². The molecule has 106 valence electrons. The SMILES string of the molecule is CCOc1ccc(-n2cc(CNCC3CC3)nn2)cc1. The van der Waals surface area contributed by atoms with Gasteiger partial charge in [0, 0.05) is 6.54 Å². The highest BCUT2D eigenvalue weighted by molar-refractivity contribution is 5.36. The minimum Gasteiger partial charge on any atom is -0.494 e. The minimum atomic E-state index is 0.680. The lowest BCUT2D eigenvalue weighted by Crippen LogP contribution is -2.16. The van der Waals surface area contributed by atoms with Crippen LogP contribution in [0.4, 0.5) is 0 Å². The highest BCUT2D eigenvalue weighted by Crippen LogP contribution is 2.27. The first kappa shape index (κ1) is 13.1. The number of nitrogens with one attached hydrogen (secondary N) is 1. The smallest absolute Gasteiger partial charge is 0.119 e. The van der Waals surface area contributed by atoms with Crippen molar-refractivity contribution in [2.75, 3.05) is 13.2 Å². The van der Waals surface area contributed by atoms with Gasteiger partial charge >= 0.3 is 0 Å². The summed E-state index contributed by atoms with van der Waals surface area (Å²) in [5, 5.41) is 11.8. The largest absolute Gasteiger partial charge is 0.494 e. The fourth-order valence-corrected chi connectivity index (χ4v) is 2.09. The van der Waals surface area contributed by atoms with Crippen LogP contribution in [0.15, 0.2) is 30.5 Å². The number of benzene rings is 1. The zero-order valence-corrected chi connectivity index (χ0v) is 11.7. The molecule has 1 fully saturated rings. The maximum Gasteiger partial charge on any atom is 0.119 e. The van der Waals surface area contributed by atoms with E-state index < -0.39 is 0 Å². The van der Waals surface area contributed by atoms with Gasteiger partial charge in [0.15, 0.2) is 0 Å². The Balaban J connectivity index is 1.59. The molecule has 0 bridgehead atoms. The topological polar surface area (TPSA) is 52.0 Å². The highest BCUT2D eigenvalue weighted by atomic mass is 16.5. The van der Waals surface area contributed by atoms with Crippen LogP contribution >= 0.6 is 0 Å². The van der Waals surface area contributed by atoms with Crippen molar-refractivity contribution < 1.29 is 4.74 Å². The van der Waals surface area contributed by atoms with Crippen LogP contribution in [0.3, 0.4) is 0 Å². The molecule has 1 aromatic carbocycles. The van der Waals surface area contributed by atoms with E-state index >= 15 is 0 Å². The minimum absolute atomic E-state index is 0.680. The molecule has 2 aromatic rings. The first-order valence-corrected chi connectivity index (χ1v) is 7.20. The molecule has 5 heteroatoms. The van der Waals surface area contributed by atoms with Crippen molar-refractivity contribution in [1.82, 2.24) is 20.3 Å². The number of aromatic nitrogens is 3. The molecule has 0 atom stereocenters. The van der Waals surface area contributed by atoms with Crippen molar-refractivity contribution >= 4 is 0 Å². The van der Waals surface area contributed by atoms with E-state index in [-0.39, 0.29) is 0 Å². The second-order valence-electron chi connectivity index (χ2n) is 5.16. The lowest BCUT2D eigenvalue weighted by Gasteiger charge is -2.04. The van der Waals surface area contributed by atoms with Gasteiger partial charge in [0.05, 0.1) is 24.2 Å². The van der Waals surface area contributed by atoms with Crippen molar-refractivity contribution in [1.29, 1.82) is 0 Å². The Bertz CT molecular complexity index is 545. The van der Waals surface area contributed by atoms with Crippen LogP contribution < -0.4 is 10.1 Å². The van der Waals surface area contributed by atoms with Gasteiger partial charge in [-0.1, -0.05) is 5.21 Å². The summed E-state index contributed by atoms with van der Waals surface area (Å²) in [7, 11) is 0. The van der Waals surface area contributed by atoms with Crippen LogP contribution in [0.2, 0.25) is 0 Å². The Kier molecular flexibility index (Phi) is 3.97. The summed E-state index contributed by atoms with van der Waals surface area (Å²) in [5.74, 6) is 1.76. The fourth-order valence-electron chi connectivity index (χ4n) is 2.09. The van der Waals surface area contributed by atoms with Crippen LogP contribution in [0.5, 0.6) is 5.75 Å². The quantitative estimate of drug-likeness (QED) is 0.839.